The van der Waals surface area contributed by atoms with Gasteiger partial charge in [0.05, 0.1) is 11.7 Å². The van der Waals surface area contributed by atoms with Crippen LogP contribution in [0.4, 0.5) is 4.39 Å². The summed E-state index contributed by atoms with van der Waals surface area (Å²) in [6.07, 6.45) is 2.10. The van der Waals surface area contributed by atoms with Gasteiger partial charge in [-0.2, -0.15) is 0 Å². The first kappa shape index (κ1) is 24.2. The molecule has 0 saturated heterocycles. The number of fused-ring (bicyclic) bond motifs is 1. The Morgan fingerprint density at radius 1 is 1.06 bits per heavy atom. The molecule has 0 heterocycles. The maximum Gasteiger partial charge on any atom is 0.338 e. The van der Waals surface area contributed by atoms with E-state index in [-0.39, 0.29) is 24.0 Å². The van der Waals surface area contributed by atoms with Crippen molar-refractivity contribution < 1.29 is 19.4 Å². The molecule has 3 aromatic rings. The molecule has 1 aliphatic rings. The number of aliphatic hydroxyl groups is 1. The Balaban J connectivity index is 0.00000289. The highest BCUT2D eigenvalue weighted by molar-refractivity contribution is 6.30. The maximum absolute atomic E-state index is 14.1. The molecule has 0 aliphatic heterocycles. The number of aryl methyl sites for hydroxylation is 1. The number of hydrogen-bond donors (Lipinski definition) is 3. The first-order valence-corrected chi connectivity index (χ1v) is 10.6. The molecule has 7 heteroatoms. The highest BCUT2D eigenvalue weighted by Gasteiger charge is 2.20. The van der Waals surface area contributed by atoms with Gasteiger partial charge in [0.2, 0.25) is 0 Å². The number of carboxylic acids is 1. The molecule has 3 N–H and O–H groups in total. The van der Waals surface area contributed by atoms with Crippen LogP contribution in [0.15, 0.2) is 60.7 Å². The largest absolute Gasteiger partial charge is 0.478 e. The highest BCUT2D eigenvalue weighted by atomic mass is 35.5. The summed E-state index contributed by atoms with van der Waals surface area (Å²) >= 11 is 5.91. The fourth-order valence-corrected chi connectivity index (χ4v) is 4.19. The van der Waals surface area contributed by atoms with Gasteiger partial charge in [0, 0.05) is 17.6 Å². The predicted octanol–water partition coefficient (Wildman–Crippen LogP) is 5.45. The number of halogens is 3. The number of carbonyl (C=O) groups is 1. The van der Waals surface area contributed by atoms with E-state index in [2.05, 4.69) is 11.4 Å². The summed E-state index contributed by atoms with van der Waals surface area (Å²) in [5.74, 6) is -2.01. The molecule has 0 amide bonds. The molecule has 0 aromatic heterocycles. The number of benzene rings is 3. The van der Waals surface area contributed by atoms with Crippen molar-refractivity contribution in [3.63, 3.8) is 0 Å². The highest BCUT2D eigenvalue weighted by Crippen LogP contribution is 2.29. The van der Waals surface area contributed by atoms with Gasteiger partial charge in [-0.3, -0.25) is 0 Å². The van der Waals surface area contributed by atoms with Crippen LogP contribution < -0.4 is 5.32 Å². The van der Waals surface area contributed by atoms with Crippen LogP contribution in [0.1, 0.15) is 39.6 Å². The number of hydrogen-bond acceptors (Lipinski definition) is 3. The first-order chi connectivity index (χ1) is 14.9. The molecule has 4 nitrogen and oxygen atoms in total. The molecule has 2 atom stereocenters. The Hall–Kier alpha value is -2.44. The zero-order chi connectivity index (χ0) is 22.0. The summed E-state index contributed by atoms with van der Waals surface area (Å²) < 4.78 is 14.1. The van der Waals surface area contributed by atoms with Crippen LogP contribution in [-0.4, -0.2) is 28.8 Å². The first-order valence-electron chi connectivity index (χ1n) is 10.2. The van der Waals surface area contributed by atoms with Gasteiger partial charge in [-0.1, -0.05) is 48.0 Å². The van der Waals surface area contributed by atoms with E-state index in [1.165, 1.54) is 23.3 Å². The van der Waals surface area contributed by atoms with Crippen LogP contribution in [0.5, 0.6) is 0 Å². The summed E-state index contributed by atoms with van der Waals surface area (Å²) in [5.41, 5.74) is 4.45. The molecule has 1 aliphatic carbocycles. The van der Waals surface area contributed by atoms with E-state index in [1.54, 1.807) is 18.2 Å². The number of carboxylic acid groups (broad SMARTS) is 1. The van der Waals surface area contributed by atoms with Gasteiger partial charge in [0.25, 0.3) is 0 Å². The topological polar surface area (TPSA) is 69.6 Å². The van der Waals surface area contributed by atoms with E-state index < -0.39 is 17.9 Å². The fraction of sp³-hybridized carbons (Fsp3) is 0.240. The van der Waals surface area contributed by atoms with Crippen molar-refractivity contribution >= 4 is 30.0 Å². The van der Waals surface area contributed by atoms with Crippen LogP contribution in [0.3, 0.4) is 0 Å². The van der Waals surface area contributed by atoms with Crippen molar-refractivity contribution in [1.29, 1.82) is 0 Å². The van der Waals surface area contributed by atoms with Crippen LogP contribution in [0, 0.1) is 5.82 Å². The third kappa shape index (κ3) is 5.48. The molecule has 32 heavy (non-hydrogen) atoms. The van der Waals surface area contributed by atoms with Gasteiger partial charge in [-0.15, -0.1) is 12.4 Å². The molecular weight excluding hydrogens is 452 g/mol. The Kier molecular flexibility index (Phi) is 7.91. The van der Waals surface area contributed by atoms with Crippen molar-refractivity contribution in [2.24, 2.45) is 0 Å². The monoisotopic (exact) mass is 475 g/mol. The lowest BCUT2D eigenvalue weighted by molar-refractivity contribution is 0.0692. The van der Waals surface area contributed by atoms with E-state index in [9.17, 15) is 14.3 Å². The van der Waals surface area contributed by atoms with Crippen molar-refractivity contribution in [3.05, 3.63) is 93.8 Å². The molecule has 0 spiro atoms. The third-order valence-electron chi connectivity index (χ3n) is 5.82. The average Bonchev–Trinajstić information content (AvgIpc) is 2.77. The van der Waals surface area contributed by atoms with E-state index in [1.807, 2.05) is 24.3 Å². The molecule has 3 aromatic carbocycles. The van der Waals surface area contributed by atoms with Crippen molar-refractivity contribution in [2.45, 2.75) is 31.4 Å². The lowest BCUT2D eigenvalue weighted by Crippen LogP contribution is -2.37. The quantitative estimate of drug-likeness (QED) is 0.443. The molecule has 0 radical (unpaired) electrons. The molecule has 0 saturated carbocycles. The van der Waals surface area contributed by atoms with Crippen molar-refractivity contribution in [2.75, 3.05) is 6.54 Å². The van der Waals surface area contributed by atoms with E-state index in [0.717, 1.165) is 30.4 Å². The van der Waals surface area contributed by atoms with E-state index in [4.69, 9.17) is 16.7 Å². The minimum absolute atomic E-state index is 0. The number of rotatable bonds is 6. The second kappa shape index (κ2) is 10.5. The van der Waals surface area contributed by atoms with E-state index >= 15 is 0 Å². The minimum atomic E-state index is -1.27. The molecule has 4 rings (SSSR count). The SMILES string of the molecule is Cl.O=C(O)c1ccc(-c2ccc3c(c2)C[C@@H](NC[C@H](O)c2ccc(Cl)cc2)CC3)cc1F. The molecule has 0 bridgehead atoms. The minimum Gasteiger partial charge on any atom is -0.478 e. The van der Waals surface area contributed by atoms with Crippen molar-refractivity contribution in [3.8, 4) is 11.1 Å². The smallest absolute Gasteiger partial charge is 0.338 e. The van der Waals surface area contributed by atoms with Gasteiger partial charge < -0.3 is 15.5 Å². The van der Waals surface area contributed by atoms with Crippen LogP contribution in [0.2, 0.25) is 5.02 Å². The van der Waals surface area contributed by atoms with Gasteiger partial charge in [-0.25, -0.2) is 9.18 Å². The van der Waals surface area contributed by atoms with Crippen molar-refractivity contribution in [1.82, 2.24) is 5.32 Å². The maximum atomic E-state index is 14.1. The van der Waals surface area contributed by atoms with Gasteiger partial charge in [0.1, 0.15) is 5.82 Å². The molecule has 168 valence electrons. The molecular formula is C25H24Cl2FNO3. The van der Waals surface area contributed by atoms with Gasteiger partial charge in [0.15, 0.2) is 0 Å². The Morgan fingerprint density at radius 2 is 1.75 bits per heavy atom. The molecule has 0 unspecified atom stereocenters. The van der Waals surface area contributed by atoms with Gasteiger partial charge >= 0.3 is 5.97 Å². The van der Waals surface area contributed by atoms with E-state index in [0.29, 0.717) is 17.1 Å². The van der Waals surface area contributed by atoms with Crippen LogP contribution in [-0.2, 0) is 12.8 Å². The second-order valence-electron chi connectivity index (χ2n) is 7.90. The average molecular weight is 476 g/mol. The van der Waals surface area contributed by atoms with Gasteiger partial charge in [-0.05, 0) is 71.3 Å². The zero-order valence-corrected chi connectivity index (χ0v) is 18.8. The summed E-state index contributed by atoms with van der Waals surface area (Å²) in [7, 11) is 0. The standard InChI is InChI=1S/C25H23ClFNO3.ClH/c26-20-7-3-16(4-8-20)24(29)14-28-21-9-5-15-1-2-17(11-19(15)12-21)18-6-10-22(25(30)31)23(27)13-18;/h1-4,6-8,10-11,13,21,24,28-29H,5,9,12,14H2,(H,30,31);1H/t21-,24-;/m0./s1. The number of aromatic carboxylic acids is 1. The lowest BCUT2D eigenvalue weighted by atomic mass is 9.86. The summed E-state index contributed by atoms with van der Waals surface area (Å²) in [6, 6.07) is 17.7. The lowest BCUT2D eigenvalue weighted by Gasteiger charge is -2.27. The summed E-state index contributed by atoms with van der Waals surface area (Å²) in [6.45, 7) is 0.448. The van der Waals surface area contributed by atoms with Crippen LogP contribution in [0.25, 0.3) is 11.1 Å². The summed E-state index contributed by atoms with van der Waals surface area (Å²) in [5, 5.41) is 23.5. The second-order valence-corrected chi connectivity index (χ2v) is 8.34. The normalized spacial score (nSPS) is 16.0. The Morgan fingerprint density at radius 3 is 2.44 bits per heavy atom. The fourth-order valence-electron chi connectivity index (χ4n) is 4.06. The zero-order valence-electron chi connectivity index (χ0n) is 17.2. The summed E-state index contributed by atoms with van der Waals surface area (Å²) in [4.78, 5) is 11.0. The van der Waals surface area contributed by atoms with Crippen LogP contribution >= 0.6 is 24.0 Å². The predicted molar refractivity (Wildman–Crippen MR) is 126 cm³/mol. The number of nitrogens with one attached hydrogen (secondary N) is 1. The Labute approximate surface area is 197 Å². The Bertz CT molecular complexity index is 1100. The third-order valence-corrected chi connectivity index (χ3v) is 6.07. The number of aliphatic hydroxyl groups excluding tert-OH is 1. The molecule has 0 fully saturated rings.